The maximum absolute atomic E-state index is 13.6. The third kappa shape index (κ3) is 3.76. The first-order valence-corrected chi connectivity index (χ1v) is 12.3. The molecule has 0 saturated heterocycles. The Morgan fingerprint density at radius 2 is 1.80 bits per heavy atom. The van der Waals surface area contributed by atoms with Crippen LogP contribution in [-0.4, -0.2) is 48.8 Å². The van der Waals surface area contributed by atoms with E-state index in [1.807, 2.05) is 13.0 Å². The summed E-state index contributed by atoms with van der Waals surface area (Å²) in [7, 11) is 1.35. The third-order valence-corrected chi connectivity index (χ3v) is 9.32. The summed E-state index contributed by atoms with van der Waals surface area (Å²) in [5.41, 5.74) is -1.79. The maximum Gasteiger partial charge on any atom is 0.309 e. The highest BCUT2D eigenvalue weighted by molar-refractivity contribution is 6.01. The second-order valence-corrected chi connectivity index (χ2v) is 10.9. The largest absolute Gasteiger partial charge is 0.469 e. The van der Waals surface area contributed by atoms with E-state index in [2.05, 4.69) is 6.92 Å². The lowest BCUT2D eigenvalue weighted by Crippen LogP contribution is -2.62. The number of allylic oxidation sites excluding steroid dienone is 4. The highest BCUT2D eigenvalue weighted by atomic mass is 16.6. The second-order valence-electron chi connectivity index (χ2n) is 10.9. The number of carbonyl (C=O) groups is 5. The molecule has 0 amide bonds. The van der Waals surface area contributed by atoms with Gasteiger partial charge in [-0.2, -0.15) is 0 Å². The molecule has 3 fully saturated rings. The fourth-order valence-corrected chi connectivity index (χ4v) is 7.96. The summed E-state index contributed by atoms with van der Waals surface area (Å²) in [6.07, 6.45) is 7.91. The van der Waals surface area contributed by atoms with Crippen molar-refractivity contribution in [3.63, 3.8) is 0 Å². The van der Waals surface area contributed by atoms with E-state index in [-0.39, 0.29) is 35.9 Å². The summed E-state index contributed by atoms with van der Waals surface area (Å²) < 4.78 is 16.1. The van der Waals surface area contributed by atoms with Gasteiger partial charge in [-0.15, -0.1) is 0 Å². The first-order chi connectivity index (χ1) is 16.4. The van der Waals surface area contributed by atoms with Crippen molar-refractivity contribution in [3.8, 4) is 0 Å². The molecule has 35 heavy (non-hydrogen) atoms. The van der Waals surface area contributed by atoms with Crippen LogP contribution in [0.2, 0.25) is 0 Å². The molecule has 0 aromatic rings. The second kappa shape index (κ2) is 8.71. The van der Waals surface area contributed by atoms with Gasteiger partial charge in [0.05, 0.1) is 13.0 Å². The molecular formula is C27H34O8. The smallest absolute Gasteiger partial charge is 0.309 e. The molecule has 0 spiro atoms. The first-order valence-electron chi connectivity index (χ1n) is 12.3. The first kappa shape index (κ1) is 25.3. The molecule has 4 rings (SSSR count). The normalized spacial score (nSPS) is 39.5. The van der Waals surface area contributed by atoms with Crippen LogP contribution in [0.5, 0.6) is 0 Å². The highest BCUT2D eigenvalue weighted by Crippen LogP contribution is 2.69. The standard InChI is InChI=1S/C27H34O8/c1-15(28)34-14-22(31)27(35-16(2)29)11-9-21-19-7-6-17-12-18(30)8-10-25(17,3)23(19)20(24(32)33-5)13-26(21,27)4/h8,10,12,19-21,23H,6-7,9,11,13-14H2,1-5H3/t19-,20+,21+,23+,25+,26+,27-/m0/s1. The van der Waals surface area contributed by atoms with Crippen molar-refractivity contribution < 1.29 is 38.2 Å². The van der Waals surface area contributed by atoms with E-state index < -0.39 is 46.7 Å². The number of carbonyl (C=O) groups excluding carboxylic acids is 5. The summed E-state index contributed by atoms with van der Waals surface area (Å²) in [5.74, 6) is -2.68. The van der Waals surface area contributed by atoms with Crippen LogP contribution in [0.1, 0.15) is 59.8 Å². The van der Waals surface area contributed by atoms with Gasteiger partial charge in [-0.05, 0) is 62.0 Å². The topological polar surface area (TPSA) is 113 Å². The summed E-state index contributed by atoms with van der Waals surface area (Å²) in [6.45, 7) is 6.01. The minimum Gasteiger partial charge on any atom is -0.469 e. The molecule has 8 nitrogen and oxygen atoms in total. The van der Waals surface area contributed by atoms with Crippen LogP contribution < -0.4 is 0 Å². The Hall–Kier alpha value is -2.77. The average molecular weight is 487 g/mol. The Balaban J connectivity index is 1.81. The van der Waals surface area contributed by atoms with Gasteiger partial charge in [0.25, 0.3) is 0 Å². The predicted octanol–water partition coefficient (Wildman–Crippen LogP) is 3.13. The van der Waals surface area contributed by atoms with E-state index in [9.17, 15) is 24.0 Å². The van der Waals surface area contributed by atoms with Crippen LogP contribution in [0, 0.1) is 34.5 Å². The van der Waals surface area contributed by atoms with Gasteiger partial charge in [0.2, 0.25) is 5.78 Å². The van der Waals surface area contributed by atoms with E-state index >= 15 is 0 Å². The number of ketones is 2. The predicted molar refractivity (Wildman–Crippen MR) is 124 cm³/mol. The van der Waals surface area contributed by atoms with E-state index in [1.54, 1.807) is 12.2 Å². The summed E-state index contributed by atoms with van der Waals surface area (Å²) in [5, 5.41) is 0. The minimum atomic E-state index is -1.49. The number of hydrogen-bond acceptors (Lipinski definition) is 8. The van der Waals surface area contributed by atoms with Gasteiger partial charge in [0, 0.05) is 24.7 Å². The highest BCUT2D eigenvalue weighted by Gasteiger charge is 2.71. The van der Waals surface area contributed by atoms with Crippen molar-refractivity contribution in [1.29, 1.82) is 0 Å². The van der Waals surface area contributed by atoms with Crippen LogP contribution in [-0.2, 0) is 38.2 Å². The van der Waals surface area contributed by atoms with E-state index in [0.29, 0.717) is 12.8 Å². The van der Waals surface area contributed by atoms with Crippen LogP contribution in [0.15, 0.2) is 23.8 Å². The average Bonchev–Trinajstić information content (AvgIpc) is 3.09. The van der Waals surface area contributed by atoms with Crippen molar-refractivity contribution in [2.45, 2.75) is 65.4 Å². The van der Waals surface area contributed by atoms with Gasteiger partial charge in [-0.25, -0.2) is 0 Å². The molecule has 0 aromatic carbocycles. The van der Waals surface area contributed by atoms with Crippen LogP contribution in [0.4, 0.5) is 0 Å². The van der Waals surface area contributed by atoms with Crippen molar-refractivity contribution in [2.24, 2.45) is 34.5 Å². The zero-order valence-electron chi connectivity index (χ0n) is 21.1. The molecular weight excluding hydrogens is 452 g/mol. The Labute approximate surface area is 205 Å². The molecule has 0 bridgehead atoms. The van der Waals surface area contributed by atoms with Crippen LogP contribution in [0.25, 0.3) is 0 Å². The van der Waals surface area contributed by atoms with Crippen molar-refractivity contribution >= 4 is 29.5 Å². The molecule has 7 atom stereocenters. The number of ether oxygens (including phenoxy) is 3. The molecule has 0 aliphatic heterocycles. The summed E-state index contributed by atoms with van der Waals surface area (Å²) >= 11 is 0. The van der Waals surface area contributed by atoms with Crippen molar-refractivity contribution in [2.75, 3.05) is 13.7 Å². The Kier molecular flexibility index (Phi) is 6.31. The zero-order valence-corrected chi connectivity index (χ0v) is 21.1. The van der Waals surface area contributed by atoms with Gasteiger partial charge in [-0.3, -0.25) is 24.0 Å². The molecule has 4 aliphatic rings. The number of Topliss-reactive ketones (excluding diaryl/α,β-unsaturated/α-hetero) is 1. The summed E-state index contributed by atoms with van der Waals surface area (Å²) in [4.78, 5) is 62.6. The van der Waals surface area contributed by atoms with Crippen molar-refractivity contribution in [1.82, 2.24) is 0 Å². The molecule has 4 aliphatic carbocycles. The molecule has 0 aromatic heterocycles. The molecule has 0 heterocycles. The monoisotopic (exact) mass is 486 g/mol. The number of rotatable bonds is 5. The fraction of sp³-hybridized carbons (Fsp3) is 0.667. The molecule has 0 unspecified atom stereocenters. The minimum absolute atomic E-state index is 0.00145. The number of hydrogen-bond donors (Lipinski definition) is 0. The van der Waals surface area contributed by atoms with E-state index in [0.717, 1.165) is 18.4 Å². The van der Waals surface area contributed by atoms with E-state index in [4.69, 9.17) is 14.2 Å². The molecule has 190 valence electrons. The Morgan fingerprint density at radius 1 is 1.09 bits per heavy atom. The third-order valence-electron chi connectivity index (χ3n) is 9.32. The summed E-state index contributed by atoms with van der Waals surface area (Å²) in [6, 6.07) is 0. The van der Waals surface area contributed by atoms with Gasteiger partial charge in [0.1, 0.15) is 0 Å². The van der Waals surface area contributed by atoms with Gasteiger partial charge < -0.3 is 14.2 Å². The van der Waals surface area contributed by atoms with Gasteiger partial charge >= 0.3 is 17.9 Å². The van der Waals surface area contributed by atoms with Crippen LogP contribution in [0.3, 0.4) is 0 Å². The lowest BCUT2D eigenvalue weighted by Gasteiger charge is -2.60. The lowest BCUT2D eigenvalue weighted by molar-refractivity contribution is -0.197. The zero-order chi connectivity index (χ0) is 25.8. The van der Waals surface area contributed by atoms with Crippen LogP contribution >= 0.6 is 0 Å². The van der Waals surface area contributed by atoms with Gasteiger partial charge in [-0.1, -0.05) is 25.5 Å². The molecule has 0 N–H and O–H groups in total. The SMILES string of the molecule is COC(=O)[C@@H]1C[C@]2(C)[C@H](CC[C@]2(OC(C)=O)C(=O)COC(C)=O)[C@@H]2CCC3=CC(=O)C=C[C@@]3(C)[C@H]21. The Bertz CT molecular complexity index is 1040. The number of esters is 3. The molecule has 8 heteroatoms. The number of fused-ring (bicyclic) bond motifs is 5. The lowest BCUT2D eigenvalue weighted by atomic mass is 9.44. The quantitative estimate of drug-likeness (QED) is 0.430. The number of methoxy groups -OCH3 is 1. The molecule has 3 saturated carbocycles. The molecule has 0 radical (unpaired) electrons. The van der Waals surface area contributed by atoms with E-state index in [1.165, 1.54) is 21.0 Å². The fourth-order valence-electron chi connectivity index (χ4n) is 7.96. The van der Waals surface area contributed by atoms with Crippen molar-refractivity contribution in [3.05, 3.63) is 23.8 Å². The Morgan fingerprint density at radius 3 is 2.43 bits per heavy atom. The van der Waals surface area contributed by atoms with Gasteiger partial charge in [0.15, 0.2) is 18.0 Å². The maximum atomic E-state index is 13.6.